The molecule has 0 fully saturated rings. The highest BCUT2D eigenvalue weighted by Crippen LogP contribution is 2.40. The smallest absolute Gasteiger partial charge is 0.254 e. The fraction of sp³-hybridized carbons (Fsp3) is 0.150. The van der Waals surface area contributed by atoms with Gasteiger partial charge in [-0.2, -0.15) is 4.98 Å². The number of benzene rings is 2. The lowest BCUT2D eigenvalue weighted by Crippen LogP contribution is -2.45. The van der Waals surface area contributed by atoms with Gasteiger partial charge in [-0.25, -0.2) is 18.5 Å². The summed E-state index contributed by atoms with van der Waals surface area (Å²) >= 11 is 6.35. The summed E-state index contributed by atoms with van der Waals surface area (Å²) in [6.45, 7) is 0. The standard InChI is InChI=1S/C20H19ClN6O3S/c1-26-16-11-23-20(24-12-7-9-13(10-8-12)31(22,29)30)25-18(16)27(2)17(19(26)28)14-5-3-4-6-15(14)21/h3-11,17H,1-2H3,(H2,22,29,30)(H,23,24,25). The molecule has 1 atom stereocenters. The van der Waals surface area contributed by atoms with Gasteiger partial charge in [0, 0.05) is 30.4 Å². The Hall–Kier alpha value is -3.21. The minimum atomic E-state index is -3.77. The Bertz CT molecular complexity index is 1270. The Morgan fingerprint density at radius 1 is 1.10 bits per heavy atom. The van der Waals surface area contributed by atoms with Crippen LogP contribution in [0.15, 0.2) is 59.6 Å². The maximum absolute atomic E-state index is 13.0. The molecule has 0 saturated heterocycles. The number of hydrogen-bond acceptors (Lipinski definition) is 7. The molecule has 1 unspecified atom stereocenters. The Balaban J connectivity index is 1.68. The van der Waals surface area contributed by atoms with E-state index in [0.29, 0.717) is 27.8 Å². The fourth-order valence-corrected chi connectivity index (χ4v) is 4.16. The van der Waals surface area contributed by atoms with Crippen LogP contribution in [0.2, 0.25) is 5.02 Å². The molecule has 3 N–H and O–H groups in total. The average Bonchev–Trinajstić information content (AvgIpc) is 2.73. The van der Waals surface area contributed by atoms with E-state index in [-0.39, 0.29) is 16.8 Å². The van der Waals surface area contributed by atoms with Gasteiger partial charge in [0.2, 0.25) is 16.0 Å². The molecule has 1 aromatic heterocycles. The predicted octanol–water partition coefficient (Wildman–Crippen LogP) is 2.67. The number of primary sulfonamides is 1. The van der Waals surface area contributed by atoms with Crippen molar-refractivity contribution in [1.82, 2.24) is 9.97 Å². The molecule has 0 spiro atoms. The number of rotatable bonds is 4. The van der Waals surface area contributed by atoms with Crippen molar-refractivity contribution in [2.24, 2.45) is 5.14 Å². The summed E-state index contributed by atoms with van der Waals surface area (Å²) in [5, 5.41) is 8.65. The third-order valence-electron chi connectivity index (χ3n) is 5.04. The Kier molecular flexibility index (Phi) is 5.29. The van der Waals surface area contributed by atoms with Gasteiger partial charge >= 0.3 is 0 Å². The number of fused-ring (bicyclic) bond motifs is 1. The number of carbonyl (C=O) groups is 1. The number of nitrogens with one attached hydrogen (secondary N) is 1. The molecule has 160 valence electrons. The van der Waals surface area contributed by atoms with Crippen molar-refractivity contribution in [2.45, 2.75) is 10.9 Å². The summed E-state index contributed by atoms with van der Waals surface area (Å²) < 4.78 is 22.8. The second kappa shape index (κ2) is 7.80. The first kappa shape index (κ1) is 21.0. The van der Waals surface area contributed by atoms with Crippen molar-refractivity contribution in [1.29, 1.82) is 0 Å². The maximum atomic E-state index is 13.0. The summed E-state index contributed by atoms with van der Waals surface area (Å²) in [4.78, 5) is 25.2. The molecule has 3 aromatic rings. The molecule has 0 bridgehead atoms. The van der Waals surface area contributed by atoms with Gasteiger partial charge in [-0.15, -0.1) is 0 Å². The van der Waals surface area contributed by atoms with E-state index in [1.807, 2.05) is 18.2 Å². The highest BCUT2D eigenvalue weighted by Gasteiger charge is 2.38. The number of aromatic nitrogens is 2. The number of anilines is 4. The van der Waals surface area contributed by atoms with E-state index in [1.165, 1.54) is 17.0 Å². The molecule has 4 rings (SSSR count). The summed E-state index contributed by atoms with van der Waals surface area (Å²) in [5.41, 5.74) is 1.82. The van der Waals surface area contributed by atoms with Crippen molar-refractivity contribution in [3.8, 4) is 0 Å². The third-order valence-corrected chi connectivity index (χ3v) is 6.31. The van der Waals surface area contributed by atoms with Crippen LogP contribution in [0.1, 0.15) is 11.6 Å². The van der Waals surface area contributed by atoms with Gasteiger partial charge in [0.05, 0.1) is 11.1 Å². The molecule has 2 heterocycles. The topological polar surface area (TPSA) is 122 Å². The second-order valence-corrected chi connectivity index (χ2v) is 9.00. The quantitative estimate of drug-likeness (QED) is 0.616. The van der Waals surface area contributed by atoms with Gasteiger partial charge in [0.1, 0.15) is 11.7 Å². The van der Waals surface area contributed by atoms with Crippen LogP contribution < -0.4 is 20.3 Å². The zero-order valence-electron chi connectivity index (χ0n) is 16.7. The van der Waals surface area contributed by atoms with Crippen molar-refractivity contribution < 1.29 is 13.2 Å². The maximum Gasteiger partial charge on any atom is 0.254 e. The van der Waals surface area contributed by atoms with E-state index in [1.54, 1.807) is 43.4 Å². The molecule has 1 aliphatic rings. The van der Waals surface area contributed by atoms with Crippen LogP contribution in [-0.2, 0) is 14.8 Å². The first-order valence-corrected chi connectivity index (χ1v) is 11.1. The van der Waals surface area contributed by atoms with Gasteiger partial charge in [0.25, 0.3) is 5.91 Å². The molecule has 31 heavy (non-hydrogen) atoms. The first-order valence-electron chi connectivity index (χ1n) is 9.18. The van der Waals surface area contributed by atoms with Crippen LogP contribution in [0.5, 0.6) is 0 Å². The molecule has 1 amide bonds. The molecule has 11 heteroatoms. The molecule has 0 saturated carbocycles. The minimum absolute atomic E-state index is 0.00635. The molecule has 0 aliphatic carbocycles. The lowest BCUT2D eigenvalue weighted by molar-refractivity contribution is -0.120. The van der Waals surface area contributed by atoms with Crippen LogP contribution in [-0.4, -0.2) is 38.4 Å². The number of nitrogens with two attached hydrogens (primary N) is 1. The summed E-state index contributed by atoms with van der Waals surface area (Å²) in [7, 11) is -0.333. The monoisotopic (exact) mass is 458 g/mol. The lowest BCUT2D eigenvalue weighted by Gasteiger charge is -2.38. The van der Waals surface area contributed by atoms with E-state index in [9.17, 15) is 13.2 Å². The van der Waals surface area contributed by atoms with E-state index < -0.39 is 16.1 Å². The number of halogens is 1. The van der Waals surface area contributed by atoms with Crippen LogP contribution in [0.4, 0.5) is 23.1 Å². The molecular weight excluding hydrogens is 440 g/mol. The number of carbonyl (C=O) groups excluding carboxylic acids is 1. The van der Waals surface area contributed by atoms with Crippen molar-refractivity contribution >= 4 is 50.7 Å². The second-order valence-electron chi connectivity index (χ2n) is 7.03. The van der Waals surface area contributed by atoms with Gasteiger partial charge in [-0.3, -0.25) is 4.79 Å². The molecule has 1 aliphatic heterocycles. The summed E-state index contributed by atoms with van der Waals surface area (Å²) in [6, 6.07) is 12.5. The number of hydrogen-bond donors (Lipinski definition) is 2. The number of sulfonamides is 1. The Labute approximate surface area is 184 Å². The molecule has 2 aromatic carbocycles. The molecule has 0 radical (unpaired) electrons. The zero-order valence-corrected chi connectivity index (χ0v) is 18.2. The number of likely N-dealkylation sites (N-methyl/N-ethyl adjacent to an activating group) is 2. The molecular formula is C20H19ClN6O3S. The van der Waals surface area contributed by atoms with Gasteiger partial charge in [-0.1, -0.05) is 29.8 Å². The highest BCUT2D eigenvalue weighted by molar-refractivity contribution is 7.89. The lowest BCUT2D eigenvalue weighted by atomic mass is 10.0. The average molecular weight is 459 g/mol. The highest BCUT2D eigenvalue weighted by atomic mass is 35.5. The predicted molar refractivity (Wildman–Crippen MR) is 119 cm³/mol. The Morgan fingerprint density at radius 2 is 1.77 bits per heavy atom. The fourth-order valence-electron chi connectivity index (χ4n) is 3.41. The Morgan fingerprint density at radius 3 is 2.42 bits per heavy atom. The summed E-state index contributed by atoms with van der Waals surface area (Å²) in [6.07, 6.45) is 1.56. The first-order chi connectivity index (χ1) is 14.7. The largest absolute Gasteiger partial charge is 0.342 e. The van der Waals surface area contributed by atoms with E-state index >= 15 is 0 Å². The zero-order chi connectivity index (χ0) is 22.3. The van der Waals surface area contributed by atoms with Crippen molar-refractivity contribution in [2.75, 3.05) is 29.2 Å². The number of amides is 1. The van der Waals surface area contributed by atoms with Gasteiger partial charge in [-0.05, 0) is 30.3 Å². The van der Waals surface area contributed by atoms with Crippen LogP contribution in [0.3, 0.4) is 0 Å². The number of nitrogens with zero attached hydrogens (tertiary/aromatic N) is 4. The van der Waals surface area contributed by atoms with Crippen molar-refractivity contribution in [3.05, 3.63) is 65.3 Å². The van der Waals surface area contributed by atoms with Gasteiger partial charge < -0.3 is 15.1 Å². The van der Waals surface area contributed by atoms with Crippen molar-refractivity contribution in [3.63, 3.8) is 0 Å². The van der Waals surface area contributed by atoms with Gasteiger partial charge in [0.15, 0.2) is 5.82 Å². The van der Waals surface area contributed by atoms with Crippen LogP contribution >= 0.6 is 11.6 Å². The SMILES string of the molecule is CN1C(=O)C(c2ccccc2Cl)N(C)c2nc(Nc3ccc(S(N)(=O)=O)cc3)ncc21. The minimum Gasteiger partial charge on any atom is -0.342 e. The normalized spacial score (nSPS) is 16.3. The third kappa shape index (κ3) is 3.92. The summed E-state index contributed by atoms with van der Waals surface area (Å²) in [5.74, 6) is 0.686. The van der Waals surface area contributed by atoms with E-state index in [4.69, 9.17) is 16.7 Å². The molecule has 9 nitrogen and oxygen atoms in total. The van der Waals surface area contributed by atoms with E-state index in [2.05, 4.69) is 15.3 Å². The van der Waals surface area contributed by atoms with Crippen LogP contribution in [0.25, 0.3) is 0 Å². The van der Waals surface area contributed by atoms with Crippen LogP contribution in [0, 0.1) is 0 Å². The van der Waals surface area contributed by atoms with E-state index in [0.717, 1.165) is 0 Å².